The van der Waals surface area contributed by atoms with E-state index in [-0.39, 0.29) is 5.56 Å². The number of carbonyl (C=O) groups excluding carboxylic acids is 1. The summed E-state index contributed by atoms with van der Waals surface area (Å²) in [5.41, 5.74) is 0.404. The molecule has 7 heteroatoms. The average Bonchev–Trinajstić information content (AvgIpc) is 2.47. The minimum atomic E-state index is -4.52. The number of benzene rings is 1. The predicted octanol–water partition coefficient (Wildman–Crippen LogP) is 3.50. The Hall–Kier alpha value is -2.41. The van der Waals surface area contributed by atoms with Gasteiger partial charge in [-0.2, -0.15) is 13.2 Å². The van der Waals surface area contributed by atoms with Crippen LogP contribution in [0.1, 0.15) is 21.6 Å². The first-order chi connectivity index (χ1) is 10.4. The van der Waals surface area contributed by atoms with Gasteiger partial charge in [0.25, 0.3) is 5.91 Å². The van der Waals surface area contributed by atoms with Crippen molar-refractivity contribution in [3.63, 3.8) is 0 Å². The van der Waals surface area contributed by atoms with E-state index in [0.717, 1.165) is 23.9 Å². The Bertz CT molecular complexity index is 655. The van der Waals surface area contributed by atoms with Crippen LogP contribution in [0.25, 0.3) is 0 Å². The fourth-order valence-corrected chi connectivity index (χ4v) is 1.80. The number of nitrogens with zero attached hydrogens (tertiary/aromatic N) is 1. The highest BCUT2D eigenvalue weighted by Gasteiger charge is 2.32. The summed E-state index contributed by atoms with van der Waals surface area (Å²) in [5.74, 6) is -0.532. The number of aromatic nitrogens is 1. The van der Waals surface area contributed by atoms with Crippen molar-refractivity contribution in [2.75, 3.05) is 12.4 Å². The predicted molar refractivity (Wildman–Crippen MR) is 74.3 cm³/mol. The number of amides is 1. The molecule has 0 saturated carbocycles. The number of anilines is 1. The van der Waals surface area contributed by atoms with Crippen molar-refractivity contribution in [2.45, 2.75) is 12.8 Å². The van der Waals surface area contributed by atoms with Gasteiger partial charge in [-0.3, -0.25) is 9.78 Å². The largest absolute Gasteiger partial charge is 0.433 e. The van der Waals surface area contributed by atoms with Crippen LogP contribution in [0.15, 0.2) is 42.6 Å². The Kier molecular flexibility index (Phi) is 4.77. The highest BCUT2D eigenvalue weighted by Crippen LogP contribution is 2.27. The first kappa shape index (κ1) is 16.0. The standard InChI is InChI=1S/C15H13F3N2O2/c1-22-9-10-3-2-4-12(7-10)20-14(21)11-5-6-13(19-8-11)15(16,17)18/h2-8H,9H2,1H3,(H,20,21). The lowest BCUT2D eigenvalue weighted by Gasteiger charge is -2.08. The summed E-state index contributed by atoms with van der Waals surface area (Å²) >= 11 is 0. The Balaban J connectivity index is 2.10. The SMILES string of the molecule is COCc1cccc(NC(=O)c2ccc(C(F)(F)F)nc2)c1. The summed E-state index contributed by atoms with van der Waals surface area (Å²) in [7, 11) is 1.55. The molecule has 2 aromatic rings. The van der Waals surface area contributed by atoms with Crippen LogP contribution in [0.3, 0.4) is 0 Å². The van der Waals surface area contributed by atoms with Crippen LogP contribution in [-0.2, 0) is 17.5 Å². The van der Waals surface area contributed by atoms with E-state index in [0.29, 0.717) is 12.3 Å². The molecule has 1 aromatic carbocycles. The molecule has 1 aromatic heterocycles. The van der Waals surface area contributed by atoms with E-state index in [4.69, 9.17) is 4.74 Å². The zero-order chi connectivity index (χ0) is 16.2. The smallest absolute Gasteiger partial charge is 0.380 e. The normalized spacial score (nSPS) is 11.3. The molecule has 0 aliphatic carbocycles. The Morgan fingerprint density at radius 2 is 2.05 bits per heavy atom. The van der Waals surface area contributed by atoms with Crippen LogP contribution in [0, 0.1) is 0 Å². The van der Waals surface area contributed by atoms with Crippen LogP contribution < -0.4 is 5.32 Å². The van der Waals surface area contributed by atoms with Crippen LogP contribution in [0.2, 0.25) is 0 Å². The molecule has 0 radical (unpaired) electrons. The lowest BCUT2D eigenvalue weighted by atomic mass is 10.2. The van der Waals surface area contributed by atoms with Gasteiger partial charge in [-0.05, 0) is 29.8 Å². The number of methoxy groups -OCH3 is 1. The van der Waals surface area contributed by atoms with Gasteiger partial charge in [0.2, 0.25) is 0 Å². The molecular weight excluding hydrogens is 297 g/mol. The second-order valence-corrected chi connectivity index (χ2v) is 4.52. The molecule has 2 rings (SSSR count). The van der Waals surface area contributed by atoms with Crippen molar-refractivity contribution < 1.29 is 22.7 Å². The van der Waals surface area contributed by atoms with Gasteiger partial charge in [0, 0.05) is 19.0 Å². The molecule has 1 N–H and O–H groups in total. The van der Waals surface area contributed by atoms with Crippen LogP contribution in [0.4, 0.5) is 18.9 Å². The number of pyridine rings is 1. The van der Waals surface area contributed by atoms with Crippen molar-refractivity contribution in [2.24, 2.45) is 0 Å². The maximum absolute atomic E-state index is 12.4. The number of carbonyl (C=O) groups is 1. The third-order valence-corrected chi connectivity index (χ3v) is 2.81. The Morgan fingerprint density at radius 3 is 2.64 bits per heavy atom. The maximum Gasteiger partial charge on any atom is 0.433 e. The lowest BCUT2D eigenvalue weighted by molar-refractivity contribution is -0.141. The third-order valence-electron chi connectivity index (χ3n) is 2.81. The zero-order valence-electron chi connectivity index (χ0n) is 11.6. The van der Waals surface area contributed by atoms with Crippen LogP contribution >= 0.6 is 0 Å². The van der Waals surface area contributed by atoms with Crippen molar-refractivity contribution in [3.8, 4) is 0 Å². The third kappa shape index (κ3) is 4.05. The van der Waals surface area contributed by atoms with Gasteiger partial charge in [0.1, 0.15) is 5.69 Å². The molecule has 0 aliphatic rings. The van der Waals surface area contributed by atoms with E-state index in [1.54, 1.807) is 25.3 Å². The molecule has 0 atom stereocenters. The van der Waals surface area contributed by atoms with Gasteiger partial charge in [-0.15, -0.1) is 0 Å². The molecule has 4 nitrogen and oxygen atoms in total. The number of hydrogen-bond acceptors (Lipinski definition) is 3. The molecule has 116 valence electrons. The number of ether oxygens (including phenoxy) is 1. The lowest BCUT2D eigenvalue weighted by Crippen LogP contribution is -2.14. The minimum absolute atomic E-state index is 0.0464. The van der Waals surface area contributed by atoms with Gasteiger partial charge in [-0.25, -0.2) is 0 Å². The van der Waals surface area contributed by atoms with Crippen LogP contribution in [-0.4, -0.2) is 18.0 Å². The second-order valence-electron chi connectivity index (χ2n) is 4.52. The van der Waals surface area contributed by atoms with E-state index in [1.807, 2.05) is 6.07 Å². The van der Waals surface area contributed by atoms with Crippen molar-refractivity contribution in [1.29, 1.82) is 0 Å². The van der Waals surface area contributed by atoms with E-state index in [9.17, 15) is 18.0 Å². The topological polar surface area (TPSA) is 51.2 Å². The molecule has 0 unspecified atom stereocenters. The highest BCUT2D eigenvalue weighted by molar-refractivity contribution is 6.04. The molecule has 0 spiro atoms. The molecule has 0 bridgehead atoms. The number of alkyl halides is 3. The van der Waals surface area contributed by atoms with Gasteiger partial charge < -0.3 is 10.1 Å². The molecule has 22 heavy (non-hydrogen) atoms. The quantitative estimate of drug-likeness (QED) is 0.940. The Labute approximate surface area is 124 Å². The minimum Gasteiger partial charge on any atom is -0.380 e. The molecule has 1 amide bonds. The molecule has 1 heterocycles. The first-order valence-corrected chi connectivity index (χ1v) is 6.32. The average molecular weight is 310 g/mol. The number of nitrogens with one attached hydrogen (secondary N) is 1. The van der Waals surface area contributed by atoms with Crippen molar-refractivity contribution in [1.82, 2.24) is 4.98 Å². The fourth-order valence-electron chi connectivity index (χ4n) is 1.80. The zero-order valence-corrected chi connectivity index (χ0v) is 11.6. The first-order valence-electron chi connectivity index (χ1n) is 6.32. The molecule has 0 saturated heterocycles. The summed E-state index contributed by atoms with van der Waals surface area (Å²) in [6.45, 7) is 0.394. The van der Waals surface area contributed by atoms with E-state index in [2.05, 4.69) is 10.3 Å². The highest BCUT2D eigenvalue weighted by atomic mass is 19.4. The van der Waals surface area contributed by atoms with Gasteiger partial charge in [-0.1, -0.05) is 12.1 Å². The van der Waals surface area contributed by atoms with E-state index in [1.165, 1.54) is 0 Å². The summed E-state index contributed by atoms with van der Waals surface area (Å²) < 4.78 is 42.2. The summed E-state index contributed by atoms with van der Waals surface area (Å²) in [5, 5.41) is 2.60. The van der Waals surface area contributed by atoms with E-state index >= 15 is 0 Å². The second kappa shape index (κ2) is 6.57. The molecular formula is C15H13F3N2O2. The fraction of sp³-hybridized carbons (Fsp3) is 0.200. The van der Waals surface area contributed by atoms with Gasteiger partial charge >= 0.3 is 6.18 Å². The summed E-state index contributed by atoms with van der Waals surface area (Å²) in [6, 6.07) is 8.84. The van der Waals surface area contributed by atoms with Crippen molar-refractivity contribution >= 4 is 11.6 Å². The van der Waals surface area contributed by atoms with Crippen LogP contribution in [0.5, 0.6) is 0 Å². The molecule has 0 aliphatic heterocycles. The number of hydrogen-bond donors (Lipinski definition) is 1. The Morgan fingerprint density at radius 1 is 1.27 bits per heavy atom. The monoisotopic (exact) mass is 310 g/mol. The summed E-state index contributed by atoms with van der Waals surface area (Å²) in [6.07, 6.45) is -3.62. The number of rotatable bonds is 4. The maximum atomic E-state index is 12.4. The summed E-state index contributed by atoms with van der Waals surface area (Å²) in [4.78, 5) is 15.2. The molecule has 0 fully saturated rings. The van der Waals surface area contributed by atoms with Crippen molar-refractivity contribution in [3.05, 3.63) is 59.4 Å². The van der Waals surface area contributed by atoms with E-state index < -0.39 is 17.8 Å². The van der Waals surface area contributed by atoms with Gasteiger partial charge in [0.05, 0.1) is 12.2 Å². The van der Waals surface area contributed by atoms with Gasteiger partial charge in [0.15, 0.2) is 0 Å². The number of halogens is 3.